The van der Waals surface area contributed by atoms with Crippen LogP contribution in [0.1, 0.15) is 79.2 Å². The topological polar surface area (TPSA) is 30.5 Å². The summed E-state index contributed by atoms with van der Waals surface area (Å²) in [6.07, 6.45) is 14.6. The van der Waals surface area contributed by atoms with Gasteiger partial charge in [-0.1, -0.05) is 54.1 Å². The van der Waals surface area contributed by atoms with Gasteiger partial charge in [0, 0.05) is 22.2 Å². The zero-order valence-corrected chi connectivity index (χ0v) is 25.9. The second-order valence-electron chi connectivity index (χ2n) is 13.4. The van der Waals surface area contributed by atoms with Gasteiger partial charge in [-0.25, -0.2) is 0 Å². The molecular formula is C36H37BrClNO2. The van der Waals surface area contributed by atoms with E-state index in [2.05, 4.69) is 63.7 Å². The molecule has 0 unspecified atom stereocenters. The van der Waals surface area contributed by atoms with E-state index in [9.17, 15) is 0 Å². The maximum absolute atomic E-state index is 6.37. The molecule has 0 amide bonds. The lowest BCUT2D eigenvalue weighted by Gasteiger charge is -2.57. The van der Waals surface area contributed by atoms with Crippen LogP contribution >= 0.6 is 27.5 Å². The summed E-state index contributed by atoms with van der Waals surface area (Å²) in [5.74, 6) is 5.23. The summed E-state index contributed by atoms with van der Waals surface area (Å²) in [5, 5.41) is 4.68. The van der Waals surface area contributed by atoms with Crippen molar-refractivity contribution in [2.75, 3.05) is 12.4 Å². The minimum atomic E-state index is 0.190. The van der Waals surface area contributed by atoms with Crippen LogP contribution in [0, 0.1) is 23.7 Å². The Morgan fingerprint density at radius 3 is 2.46 bits per heavy atom. The van der Waals surface area contributed by atoms with Gasteiger partial charge in [-0.3, -0.25) is 0 Å². The van der Waals surface area contributed by atoms with Crippen molar-refractivity contribution in [2.45, 2.75) is 68.9 Å². The van der Waals surface area contributed by atoms with E-state index in [-0.39, 0.29) is 6.04 Å². The van der Waals surface area contributed by atoms with E-state index < -0.39 is 0 Å². The number of ether oxygens (including phenoxy) is 2. The largest absolute Gasteiger partial charge is 0.493 e. The highest BCUT2D eigenvalue weighted by Gasteiger charge is 2.52. The fourth-order valence-corrected chi connectivity index (χ4v) is 10.3. The molecule has 1 heterocycles. The standard InChI is InChI=1S/C36H37BrClNO2/c1-40-33-15-25(14-30(37)35(33)41-20-24-5-2-3-8-31(24)38)34-28-7-4-6-27(28)29-16-26(9-10-32(29)39-34)36-17-21-11-22(18-36)13-23(12-21)19-36/h2-6,8-10,14-16,21-23,27-28,34,39H,7,11-13,17-20H2,1H3/t21?,22?,23?,27-,28+,34+,36?/m1/s1. The first kappa shape index (κ1) is 26.2. The molecule has 3 atom stereocenters. The average molecular weight is 631 g/mol. The number of halogens is 2. The van der Waals surface area contributed by atoms with E-state index in [1.807, 2.05) is 24.3 Å². The molecule has 4 bridgehead atoms. The fraction of sp³-hybridized carbons (Fsp3) is 0.444. The van der Waals surface area contributed by atoms with Gasteiger partial charge in [0.05, 0.1) is 17.6 Å². The van der Waals surface area contributed by atoms with Crippen molar-refractivity contribution in [3.8, 4) is 11.5 Å². The zero-order valence-electron chi connectivity index (χ0n) is 23.5. The number of benzene rings is 3. The Morgan fingerprint density at radius 1 is 0.976 bits per heavy atom. The number of fused-ring (bicyclic) bond motifs is 3. The molecular weight excluding hydrogens is 594 g/mol. The Hall–Kier alpha value is -2.43. The maximum Gasteiger partial charge on any atom is 0.175 e. The van der Waals surface area contributed by atoms with Crippen molar-refractivity contribution in [2.24, 2.45) is 23.7 Å². The van der Waals surface area contributed by atoms with Gasteiger partial charge in [-0.2, -0.15) is 0 Å². The van der Waals surface area contributed by atoms with E-state index in [0.717, 1.165) is 40.0 Å². The number of hydrogen-bond donors (Lipinski definition) is 1. The van der Waals surface area contributed by atoms with E-state index in [1.54, 1.807) is 12.7 Å². The lowest BCUT2D eigenvalue weighted by Crippen LogP contribution is -2.48. The first-order valence-electron chi connectivity index (χ1n) is 15.3. The summed E-state index contributed by atoms with van der Waals surface area (Å²) in [6, 6.07) is 19.8. The Morgan fingerprint density at radius 2 is 1.73 bits per heavy atom. The molecule has 5 heteroatoms. The monoisotopic (exact) mass is 629 g/mol. The van der Waals surface area contributed by atoms with E-state index in [0.29, 0.717) is 34.6 Å². The smallest absolute Gasteiger partial charge is 0.175 e. The van der Waals surface area contributed by atoms with Crippen LogP contribution in [0.5, 0.6) is 11.5 Å². The number of methoxy groups -OCH3 is 1. The van der Waals surface area contributed by atoms with Gasteiger partial charge in [0.1, 0.15) is 6.61 Å². The molecule has 5 aliphatic carbocycles. The predicted octanol–water partition coefficient (Wildman–Crippen LogP) is 9.98. The van der Waals surface area contributed by atoms with Crippen LogP contribution in [0.2, 0.25) is 5.02 Å². The molecule has 1 aliphatic heterocycles. The van der Waals surface area contributed by atoms with Crippen LogP contribution < -0.4 is 14.8 Å². The molecule has 9 rings (SSSR count). The zero-order chi connectivity index (χ0) is 27.7. The maximum atomic E-state index is 6.37. The molecule has 0 aromatic heterocycles. The molecule has 3 nitrogen and oxygen atoms in total. The molecule has 212 valence electrons. The minimum absolute atomic E-state index is 0.190. The number of rotatable bonds is 6. The molecule has 0 spiro atoms. The molecule has 3 aromatic rings. The van der Waals surface area contributed by atoms with Gasteiger partial charge >= 0.3 is 0 Å². The van der Waals surface area contributed by atoms with Crippen LogP contribution in [0.15, 0.2) is 71.2 Å². The molecule has 3 aromatic carbocycles. The number of hydrogen-bond acceptors (Lipinski definition) is 3. The first-order chi connectivity index (χ1) is 20.0. The highest BCUT2D eigenvalue weighted by Crippen LogP contribution is 2.61. The number of allylic oxidation sites excluding steroid dienone is 2. The molecule has 0 saturated heterocycles. The van der Waals surface area contributed by atoms with E-state index >= 15 is 0 Å². The summed E-state index contributed by atoms with van der Waals surface area (Å²) in [7, 11) is 1.71. The van der Waals surface area contributed by atoms with Crippen molar-refractivity contribution in [1.82, 2.24) is 0 Å². The minimum Gasteiger partial charge on any atom is -0.493 e. The molecule has 4 fully saturated rings. The van der Waals surface area contributed by atoms with Crippen molar-refractivity contribution >= 4 is 33.2 Å². The molecule has 0 radical (unpaired) electrons. The second-order valence-corrected chi connectivity index (χ2v) is 14.7. The van der Waals surface area contributed by atoms with Crippen LogP contribution in [0.3, 0.4) is 0 Å². The molecule has 1 N–H and O–H groups in total. The van der Waals surface area contributed by atoms with Crippen LogP contribution in [0.4, 0.5) is 5.69 Å². The van der Waals surface area contributed by atoms with Crippen molar-refractivity contribution in [3.63, 3.8) is 0 Å². The number of nitrogens with one attached hydrogen (secondary N) is 1. The fourth-order valence-electron chi connectivity index (χ4n) is 9.54. The van der Waals surface area contributed by atoms with Gasteiger partial charge < -0.3 is 14.8 Å². The van der Waals surface area contributed by atoms with Crippen LogP contribution in [0.25, 0.3) is 0 Å². The van der Waals surface area contributed by atoms with Crippen LogP contribution in [-0.4, -0.2) is 7.11 Å². The normalized spacial score (nSPS) is 32.4. The highest BCUT2D eigenvalue weighted by molar-refractivity contribution is 9.10. The van der Waals surface area contributed by atoms with E-state index in [1.165, 1.54) is 55.3 Å². The van der Waals surface area contributed by atoms with Gasteiger partial charge in [-0.15, -0.1) is 0 Å². The summed E-state index contributed by atoms with van der Waals surface area (Å²) >= 11 is 10.2. The Labute approximate surface area is 256 Å². The highest BCUT2D eigenvalue weighted by atomic mass is 79.9. The van der Waals surface area contributed by atoms with Crippen molar-refractivity contribution in [1.29, 1.82) is 0 Å². The molecule has 41 heavy (non-hydrogen) atoms. The summed E-state index contributed by atoms with van der Waals surface area (Å²) in [4.78, 5) is 0. The van der Waals surface area contributed by atoms with Gasteiger partial charge in [0.15, 0.2) is 11.5 Å². The third kappa shape index (κ3) is 4.43. The second kappa shape index (κ2) is 10.1. The first-order valence-corrected chi connectivity index (χ1v) is 16.5. The molecule has 6 aliphatic rings. The van der Waals surface area contributed by atoms with Gasteiger partial charge in [0.25, 0.3) is 0 Å². The molecule has 4 saturated carbocycles. The lowest BCUT2D eigenvalue weighted by molar-refractivity contribution is -0.00523. The Kier molecular flexibility index (Phi) is 6.45. The van der Waals surface area contributed by atoms with Gasteiger partial charge in [-0.05, 0) is 131 Å². The Balaban J connectivity index is 1.09. The summed E-state index contributed by atoms with van der Waals surface area (Å²) in [5.41, 5.74) is 7.00. The number of anilines is 1. The summed E-state index contributed by atoms with van der Waals surface area (Å²) < 4.78 is 13.0. The quantitative estimate of drug-likeness (QED) is 0.275. The van der Waals surface area contributed by atoms with Crippen molar-refractivity contribution < 1.29 is 9.47 Å². The van der Waals surface area contributed by atoms with Gasteiger partial charge in [0.2, 0.25) is 0 Å². The SMILES string of the molecule is COc1cc([C@@H]2Nc3ccc(C45CC6CC(CC(C6)C4)C5)cc3[C@@H]3C=CC[C@@H]32)cc(Br)c1OCc1ccccc1Cl. The summed E-state index contributed by atoms with van der Waals surface area (Å²) in [6.45, 7) is 0.379. The average Bonchev–Trinajstić information content (AvgIpc) is 3.46. The van der Waals surface area contributed by atoms with Crippen LogP contribution in [-0.2, 0) is 12.0 Å². The lowest BCUT2D eigenvalue weighted by atomic mass is 9.48. The third-order valence-corrected chi connectivity index (χ3v) is 11.9. The van der Waals surface area contributed by atoms with E-state index in [4.69, 9.17) is 21.1 Å². The predicted molar refractivity (Wildman–Crippen MR) is 169 cm³/mol. The van der Waals surface area contributed by atoms with Crippen molar-refractivity contribution in [3.05, 3.63) is 98.5 Å². The Bertz CT molecular complexity index is 1500. The third-order valence-electron chi connectivity index (χ3n) is 11.0.